The van der Waals surface area contributed by atoms with Gasteiger partial charge in [0, 0.05) is 11.6 Å². The molecular weight excluding hydrogens is 318 g/mol. The molecule has 1 fully saturated rings. The molecule has 23 heavy (non-hydrogen) atoms. The number of ether oxygens (including phenoxy) is 1. The van der Waals surface area contributed by atoms with Gasteiger partial charge in [0.1, 0.15) is 0 Å². The molecule has 0 aromatic heterocycles. The number of hydrazone groups is 1. The molecule has 0 aliphatic heterocycles. The molecule has 0 spiro atoms. The maximum atomic E-state index is 11.5. The molecule has 3 N–H and O–H groups in total. The van der Waals surface area contributed by atoms with Gasteiger partial charge in [-0.1, -0.05) is 6.42 Å². The number of nitrogens with two attached hydrogens (primary N) is 1. The molecule has 1 atom stereocenters. The van der Waals surface area contributed by atoms with E-state index >= 15 is 0 Å². The first kappa shape index (κ1) is 17.4. The highest BCUT2D eigenvalue weighted by molar-refractivity contribution is 7.89. The fraction of sp³-hybridized carbons (Fsp3) is 0.467. The van der Waals surface area contributed by atoms with Crippen LogP contribution in [0.25, 0.3) is 0 Å². The number of sulfonamides is 1. The standard InChI is InChI=1S/C15H21N3O4S/c1-22-15(19)10-11-4-2-3-5-14(11)18-17-12-6-8-13(9-7-12)23(16,20)21/h6-9,11,17H,2-5,10H2,1H3,(H2,16,20,21)/b18-14-/t11-/m1/s1. The van der Waals surface area contributed by atoms with Crippen LogP contribution in [0.15, 0.2) is 34.3 Å². The van der Waals surface area contributed by atoms with Crippen molar-refractivity contribution in [2.45, 2.75) is 37.0 Å². The maximum Gasteiger partial charge on any atom is 0.306 e. The van der Waals surface area contributed by atoms with Gasteiger partial charge in [-0.3, -0.25) is 10.2 Å². The summed E-state index contributed by atoms with van der Waals surface area (Å²) in [5, 5.41) is 9.45. The smallest absolute Gasteiger partial charge is 0.306 e. The second kappa shape index (κ2) is 7.56. The van der Waals surface area contributed by atoms with E-state index in [0.29, 0.717) is 12.1 Å². The first-order valence-electron chi connectivity index (χ1n) is 7.42. The van der Waals surface area contributed by atoms with E-state index in [1.165, 1.54) is 19.2 Å². The number of carbonyl (C=O) groups is 1. The van der Waals surface area contributed by atoms with Crippen molar-refractivity contribution in [1.82, 2.24) is 0 Å². The first-order chi connectivity index (χ1) is 10.9. The molecule has 7 nitrogen and oxygen atoms in total. The summed E-state index contributed by atoms with van der Waals surface area (Å²) in [5.41, 5.74) is 4.52. The largest absolute Gasteiger partial charge is 0.469 e. The van der Waals surface area contributed by atoms with Crippen molar-refractivity contribution in [3.05, 3.63) is 24.3 Å². The van der Waals surface area contributed by atoms with E-state index in [9.17, 15) is 13.2 Å². The second-order valence-corrected chi connectivity index (χ2v) is 7.07. The van der Waals surface area contributed by atoms with Crippen LogP contribution in [0.1, 0.15) is 32.1 Å². The van der Waals surface area contributed by atoms with Gasteiger partial charge < -0.3 is 4.74 Å². The highest BCUT2D eigenvalue weighted by Crippen LogP contribution is 2.25. The molecule has 0 saturated heterocycles. The Morgan fingerprint density at radius 2 is 2.04 bits per heavy atom. The van der Waals surface area contributed by atoms with Crippen LogP contribution in [-0.2, 0) is 19.6 Å². The molecule has 0 heterocycles. The van der Waals surface area contributed by atoms with E-state index in [1.807, 2.05) is 0 Å². The Bertz CT molecular complexity index is 683. The van der Waals surface area contributed by atoms with Crippen molar-refractivity contribution in [1.29, 1.82) is 0 Å². The summed E-state index contributed by atoms with van der Waals surface area (Å²) in [7, 11) is -2.31. The van der Waals surface area contributed by atoms with E-state index in [4.69, 9.17) is 9.88 Å². The van der Waals surface area contributed by atoms with E-state index in [-0.39, 0.29) is 16.8 Å². The molecule has 1 aliphatic carbocycles. The molecule has 1 aliphatic rings. The predicted molar refractivity (Wildman–Crippen MR) is 87.5 cm³/mol. The van der Waals surface area contributed by atoms with Gasteiger partial charge in [0.15, 0.2) is 0 Å². The molecule has 1 aromatic carbocycles. The summed E-state index contributed by atoms with van der Waals surface area (Å²) in [5.74, 6) is -0.144. The molecule has 0 radical (unpaired) electrons. The number of methoxy groups -OCH3 is 1. The summed E-state index contributed by atoms with van der Waals surface area (Å²) in [6.07, 6.45) is 4.21. The van der Waals surface area contributed by atoms with Gasteiger partial charge in [0.05, 0.1) is 24.1 Å². The summed E-state index contributed by atoms with van der Waals surface area (Å²) >= 11 is 0. The molecular formula is C15H21N3O4S. The van der Waals surface area contributed by atoms with Crippen LogP contribution < -0.4 is 10.6 Å². The highest BCUT2D eigenvalue weighted by atomic mass is 32.2. The topological polar surface area (TPSA) is 111 Å². The van der Waals surface area contributed by atoms with Crippen LogP contribution in [0.3, 0.4) is 0 Å². The zero-order chi connectivity index (χ0) is 16.9. The van der Waals surface area contributed by atoms with Gasteiger partial charge >= 0.3 is 5.97 Å². The third-order valence-electron chi connectivity index (χ3n) is 3.86. The van der Waals surface area contributed by atoms with E-state index in [1.54, 1.807) is 12.1 Å². The zero-order valence-corrected chi connectivity index (χ0v) is 13.8. The average molecular weight is 339 g/mol. The van der Waals surface area contributed by atoms with Crippen molar-refractivity contribution in [3.8, 4) is 0 Å². The van der Waals surface area contributed by atoms with Crippen molar-refractivity contribution >= 4 is 27.4 Å². The van der Waals surface area contributed by atoms with E-state index in [2.05, 4.69) is 10.5 Å². The lowest BCUT2D eigenvalue weighted by atomic mass is 9.85. The van der Waals surface area contributed by atoms with Gasteiger partial charge in [-0.15, -0.1) is 0 Å². The van der Waals surface area contributed by atoms with Gasteiger partial charge in [-0.05, 0) is 43.5 Å². The summed E-state index contributed by atoms with van der Waals surface area (Å²) < 4.78 is 27.1. The van der Waals surface area contributed by atoms with E-state index < -0.39 is 10.0 Å². The van der Waals surface area contributed by atoms with Gasteiger partial charge in [0.2, 0.25) is 10.0 Å². The van der Waals surface area contributed by atoms with Gasteiger partial charge in [-0.25, -0.2) is 13.6 Å². The first-order valence-corrected chi connectivity index (χ1v) is 8.97. The molecule has 126 valence electrons. The number of hydrogen-bond acceptors (Lipinski definition) is 6. The van der Waals surface area contributed by atoms with Crippen molar-refractivity contribution < 1.29 is 17.9 Å². The van der Waals surface area contributed by atoms with E-state index in [0.717, 1.165) is 31.4 Å². The Kier molecular flexibility index (Phi) is 5.73. The van der Waals surface area contributed by atoms with Crippen LogP contribution in [0, 0.1) is 5.92 Å². The van der Waals surface area contributed by atoms with Crippen molar-refractivity contribution in [2.24, 2.45) is 16.2 Å². The molecule has 0 amide bonds. The molecule has 2 rings (SSSR count). The lowest BCUT2D eigenvalue weighted by Crippen LogP contribution is -2.23. The fourth-order valence-electron chi connectivity index (χ4n) is 2.57. The normalized spacial score (nSPS) is 20.3. The van der Waals surface area contributed by atoms with Crippen LogP contribution in [-0.4, -0.2) is 27.2 Å². The lowest BCUT2D eigenvalue weighted by molar-refractivity contribution is -0.141. The van der Waals surface area contributed by atoms with Gasteiger partial charge in [0.25, 0.3) is 0 Å². The Hall–Kier alpha value is -1.93. The fourth-order valence-corrected chi connectivity index (χ4v) is 3.09. The minimum atomic E-state index is -3.70. The number of hydrogen-bond donors (Lipinski definition) is 2. The van der Waals surface area contributed by atoms with Crippen LogP contribution in [0.5, 0.6) is 0 Å². The quantitative estimate of drug-likeness (QED) is 0.628. The van der Waals surface area contributed by atoms with Crippen LogP contribution in [0.2, 0.25) is 0 Å². The Morgan fingerprint density at radius 1 is 1.35 bits per heavy atom. The predicted octanol–water partition coefficient (Wildman–Crippen LogP) is 1.86. The summed E-state index contributed by atoms with van der Waals surface area (Å²) in [6.45, 7) is 0. The third kappa shape index (κ3) is 5.04. The lowest BCUT2D eigenvalue weighted by Gasteiger charge is -2.23. The number of carbonyl (C=O) groups excluding carboxylic acids is 1. The van der Waals surface area contributed by atoms with Crippen LogP contribution in [0.4, 0.5) is 5.69 Å². The summed E-state index contributed by atoms with van der Waals surface area (Å²) in [6, 6.07) is 6.04. The molecule has 1 saturated carbocycles. The monoisotopic (exact) mass is 339 g/mol. The number of anilines is 1. The average Bonchev–Trinajstić information content (AvgIpc) is 2.53. The highest BCUT2D eigenvalue weighted by Gasteiger charge is 2.23. The Morgan fingerprint density at radius 3 is 2.65 bits per heavy atom. The molecule has 0 unspecified atom stereocenters. The molecule has 1 aromatic rings. The number of rotatable bonds is 5. The second-order valence-electron chi connectivity index (χ2n) is 5.51. The number of primary sulfonamides is 1. The SMILES string of the molecule is COC(=O)C[C@H]1CCCC/C1=N/Nc1ccc(S(N)(=O)=O)cc1. The van der Waals surface area contributed by atoms with Crippen molar-refractivity contribution in [2.75, 3.05) is 12.5 Å². The molecule has 0 bridgehead atoms. The Balaban J connectivity index is 2.06. The molecule has 8 heteroatoms. The third-order valence-corrected chi connectivity index (χ3v) is 4.79. The Labute approximate surface area is 136 Å². The number of nitrogens with zero attached hydrogens (tertiary/aromatic N) is 1. The minimum Gasteiger partial charge on any atom is -0.469 e. The minimum absolute atomic E-state index is 0.0527. The van der Waals surface area contributed by atoms with Crippen LogP contribution >= 0.6 is 0 Å². The van der Waals surface area contributed by atoms with Crippen molar-refractivity contribution in [3.63, 3.8) is 0 Å². The maximum absolute atomic E-state index is 11.5. The number of nitrogens with one attached hydrogen (secondary N) is 1. The number of esters is 1. The number of benzene rings is 1. The zero-order valence-electron chi connectivity index (χ0n) is 13.0. The summed E-state index contributed by atoms with van der Waals surface area (Å²) in [4.78, 5) is 11.5. The van der Waals surface area contributed by atoms with Gasteiger partial charge in [-0.2, -0.15) is 5.10 Å².